The number of aromatic nitrogens is 5. The van der Waals surface area contributed by atoms with Crippen molar-refractivity contribution in [1.29, 1.82) is 0 Å². The van der Waals surface area contributed by atoms with Gasteiger partial charge in [0.2, 0.25) is 0 Å². The number of thioether (sulfide) groups is 1. The Hall–Kier alpha value is -1.49. The number of halogens is 4. The second-order valence-corrected chi connectivity index (χ2v) is 9.99. The van der Waals surface area contributed by atoms with E-state index in [0.29, 0.717) is 16.9 Å². The number of nitrogens with zero attached hydrogens (tertiary/aromatic N) is 5. The second-order valence-electron chi connectivity index (χ2n) is 6.69. The van der Waals surface area contributed by atoms with E-state index in [2.05, 4.69) is 20.4 Å². The molecule has 12 heteroatoms. The average molecular weight is 653 g/mol. The Balaban J connectivity index is 0.00000103. The molecule has 1 atom stereocenters. The van der Waals surface area contributed by atoms with E-state index in [1.807, 2.05) is 98.9 Å². The molecule has 35 heavy (non-hydrogen) atoms. The van der Waals surface area contributed by atoms with Gasteiger partial charge in [0.25, 0.3) is 6.43 Å². The highest BCUT2D eigenvalue weighted by atomic mass is 127. The lowest BCUT2D eigenvalue weighted by Crippen LogP contribution is -1.96. The lowest BCUT2D eigenvalue weighted by Gasteiger charge is -2.13. The topological polar surface area (TPSA) is 60.6 Å². The molecule has 190 valence electrons. The van der Waals surface area contributed by atoms with Crippen LogP contribution in [0.2, 0.25) is 5.15 Å². The van der Waals surface area contributed by atoms with Crippen LogP contribution in [0, 0.1) is 6.92 Å². The van der Waals surface area contributed by atoms with Gasteiger partial charge in [0, 0.05) is 29.3 Å². The summed E-state index contributed by atoms with van der Waals surface area (Å²) in [5, 5.41) is 8.06. The highest BCUT2D eigenvalue weighted by Crippen LogP contribution is 2.39. The van der Waals surface area contributed by atoms with Crippen LogP contribution in [-0.2, 0) is 7.05 Å². The van der Waals surface area contributed by atoms with Crippen molar-refractivity contribution < 1.29 is 8.78 Å². The first-order chi connectivity index (χ1) is 16.8. The largest absolute Gasteiger partial charge is 0.353 e. The molecule has 0 radical (unpaired) electrons. The number of aryl methyl sites for hydroxylation is 2. The van der Waals surface area contributed by atoms with Crippen LogP contribution in [0.5, 0.6) is 0 Å². The number of anilines is 2. The van der Waals surface area contributed by atoms with E-state index in [-0.39, 0.29) is 17.4 Å². The van der Waals surface area contributed by atoms with Gasteiger partial charge in [-0.3, -0.25) is 9.02 Å². The summed E-state index contributed by atoms with van der Waals surface area (Å²) >= 11 is 9.81. The third-order valence-corrected chi connectivity index (χ3v) is 7.80. The Morgan fingerprint density at radius 1 is 1.09 bits per heavy atom. The first kappa shape index (κ1) is 29.7. The molecule has 0 bridgehead atoms. The number of hydrogen-bond acceptors (Lipinski definition) is 5. The van der Waals surface area contributed by atoms with Crippen molar-refractivity contribution in [2.45, 2.75) is 45.9 Å². The SMILES string of the molecule is CC.CC.CSc1cc(-c2cc(C)n(C)n2)ccc1Nc1cc(Cl)nc2c1nc(C(F)F)n2PI. The molecule has 1 aromatic carbocycles. The molecule has 0 saturated heterocycles. The van der Waals surface area contributed by atoms with Gasteiger partial charge in [-0.2, -0.15) is 5.10 Å². The van der Waals surface area contributed by atoms with Crippen LogP contribution >= 0.6 is 51.8 Å². The normalized spacial score (nSPS) is 11.0. The van der Waals surface area contributed by atoms with Gasteiger partial charge >= 0.3 is 0 Å². The molecule has 4 rings (SSSR count). The van der Waals surface area contributed by atoms with Crippen molar-refractivity contribution in [3.05, 3.63) is 47.0 Å². The first-order valence-electron chi connectivity index (χ1n) is 11.0. The van der Waals surface area contributed by atoms with Crippen LogP contribution in [0.3, 0.4) is 0 Å². The zero-order valence-corrected chi connectivity index (χ0v) is 25.4. The Labute approximate surface area is 229 Å². The molecule has 0 aliphatic heterocycles. The van der Waals surface area contributed by atoms with E-state index in [1.165, 1.54) is 4.34 Å². The van der Waals surface area contributed by atoms with Gasteiger partial charge < -0.3 is 5.32 Å². The zero-order valence-electron chi connectivity index (χ0n) is 20.6. The summed E-state index contributed by atoms with van der Waals surface area (Å²) in [7, 11) is 1.91. The van der Waals surface area contributed by atoms with Gasteiger partial charge in [0.1, 0.15) is 10.7 Å². The van der Waals surface area contributed by atoms with Gasteiger partial charge in [-0.25, -0.2) is 18.7 Å². The summed E-state index contributed by atoms with van der Waals surface area (Å²) in [5.74, 6) is -0.313. The van der Waals surface area contributed by atoms with Crippen LogP contribution in [0.15, 0.2) is 35.2 Å². The first-order valence-corrected chi connectivity index (χ1v) is 16.7. The third kappa shape index (κ3) is 6.64. The summed E-state index contributed by atoms with van der Waals surface area (Å²) in [6.07, 6.45) is -0.703. The molecular formula is C23H29ClF2IN6PS. The van der Waals surface area contributed by atoms with Gasteiger partial charge in [0.05, 0.1) is 23.4 Å². The Kier molecular flexibility index (Phi) is 11.7. The molecule has 1 unspecified atom stereocenters. The molecule has 0 amide bonds. The maximum absolute atomic E-state index is 13.5. The predicted molar refractivity (Wildman–Crippen MR) is 156 cm³/mol. The molecule has 0 aliphatic rings. The van der Waals surface area contributed by atoms with E-state index in [9.17, 15) is 8.78 Å². The fraction of sp³-hybridized carbons (Fsp3) is 0.348. The maximum Gasteiger partial charge on any atom is 0.295 e. The third-order valence-electron chi connectivity index (χ3n) is 4.77. The molecule has 0 saturated carbocycles. The molecule has 3 heterocycles. The van der Waals surface area contributed by atoms with E-state index < -0.39 is 6.43 Å². The minimum absolute atomic E-state index is 0.0235. The van der Waals surface area contributed by atoms with Crippen molar-refractivity contribution in [3.63, 3.8) is 0 Å². The summed E-state index contributed by atoms with van der Waals surface area (Å²) in [6.45, 7) is 10.0. The number of imidazole rings is 1. The number of alkyl halides is 2. The molecule has 0 fully saturated rings. The summed E-state index contributed by atoms with van der Waals surface area (Å²) in [6, 6.07) is 9.59. The fourth-order valence-electron chi connectivity index (χ4n) is 3.16. The van der Waals surface area contributed by atoms with E-state index in [1.54, 1.807) is 17.8 Å². The molecule has 1 N–H and O–H groups in total. The Morgan fingerprint density at radius 2 is 1.77 bits per heavy atom. The van der Waals surface area contributed by atoms with Gasteiger partial charge in [-0.1, -0.05) is 45.4 Å². The molecule has 0 aliphatic carbocycles. The summed E-state index contributed by atoms with van der Waals surface area (Å²) < 4.78 is 30.2. The van der Waals surface area contributed by atoms with Gasteiger partial charge in [-0.15, -0.1) is 11.8 Å². The van der Waals surface area contributed by atoms with Crippen molar-refractivity contribution in [3.8, 4) is 11.3 Å². The number of nitrogens with one attached hydrogen (secondary N) is 1. The van der Waals surface area contributed by atoms with Crippen LogP contribution < -0.4 is 5.32 Å². The molecule has 0 spiro atoms. The summed E-state index contributed by atoms with van der Waals surface area (Å²) in [4.78, 5) is 9.38. The quantitative estimate of drug-likeness (QED) is 0.0975. The molecule has 4 aromatic rings. The van der Waals surface area contributed by atoms with Crippen LogP contribution in [-0.4, -0.2) is 30.3 Å². The van der Waals surface area contributed by atoms with Crippen LogP contribution in [0.25, 0.3) is 22.4 Å². The van der Waals surface area contributed by atoms with Crippen molar-refractivity contribution in [1.82, 2.24) is 24.1 Å². The van der Waals surface area contributed by atoms with Gasteiger partial charge in [0.15, 0.2) is 11.5 Å². The lowest BCUT2D eigenvalue weighted by molar-refractivity contribution is 0.140. The monoisotopic (exact) mass is 652 g/mol. The smallest absolute Gasteiger partial charge is 0.295 e. The van der Waals surface area contributed by atoms with E-state index in [4.69, 9.17) is 11.6 Å². The number of fused-ring (bicyclic) bond motifs is 1. The minimum atomic E-state index is -2.70. The fourth-order valence-corrected chi connectivity index (χ4v) is 5.83. The predicted octanol–water partition coefficient (Wildman–Crippen LogP) is 9.04. The zero-order chi connectivity index (χ0) is 26.3. The number of hydrogen-bond donors (Lipinski definition) is 1. The molecular weight excluding hydrogens is 624 g/mol. The van der Waals surface area contributed by atoms with Crippen molar-refractivity contribution in [2.24, 2.45) is 7.05 Å². The number of benzene rings is 1. The Morgan fingerprint density at radius 3 is 2.31 bits per heavy atom. The standard InChI is InChI=1S/C19H17ClF2IN6PS.2C2H6/c1-9-6-12(27-28(9)2)10-4-5-11(14(7-10)31-3)24-13-8-15(20)25-18-16(13)26-19(17(21)22)29(18)30-23;2*1-2/h4-8,17,30H,1-3H3,(H,24,25);2*1-2H3. The lowest BCUT2D eigenvalue weighted by atomic mass is 10.1. The maximum atomic E-state index is 13.5. The van der Waals surface area contributed by atoms with E-state index >= 15 is 0 Å². The number of rotatable bonds is 6. The highest BCUT2D eigenvalue weighted by molar-refractivity contribution is 14.2. The van der Waals surface area contributed by atoms with Gasteiger partial charge in [-0.05, 0) is 53.4 Å². The highest BCUT2D eigenvalue weighted by Gasteiger charge is 2.22. The van der Waals surface area contributed by atoms with Crippen molar-refractivity contribution in [2.75, 3.05) is 11.6 Å². The minimum Gasteiger partial charge on any atom is -0.353 e. The Bertz CT molecular complexity index is 1260. The second kappa shape index (κ2) is 13.7. The van der Waals surface area contributed by atoms with Crippen LogP contribution in [0.4, 0.5) is 20.2 Å². The summed E-state index contributed by atoms with van der Waals surface area (Å²) in [5.41, 5.74) is 4.99. The average Bonchev–Trinajstić information content (AvgIpc) is 3.41. The van der Waals surface area contributed by atoms with Crippen molar-refractivity contribution >= 4 is 74.3 Å². The van der Waals surface area contributed by atoms with E-state index in [0.717, 1.165) is 27.5 Å². The molecule has 6 nitrogen and oxygen atoms in total. The molecule has 3 aromatic heterocycles. The number of pyridine rings is 1. The van der Waals surface area contributed by atoms with Crippen LogP contribution in [0.1, 0.15) is 45.6 Å².